The van der Waals surface area contributed by atoms with Crippen molar-refractivity contribution < 1.29 is 23.9 Å². The molecule has 2 fully saturated rings. The number of urea groups is 1. The molecule has 2 heterocycles. The standard InChI is InChI=1S/C24H25BrN4O5/c1-33-20-13-19(28-9-3-4-10-28)21(34-2)12-15(20)11-18-23(31)29(24(32)27-18)14-22(30)26-17-7-5-16(25)6-8-17/h5-8,11-13H,3-4,9-10,14H2,1-2H3,(H,26,30)(H,27,32)/b18-11-. The molecule has 9 nitrogen and oxygen atoms in total. The molecule has 0 spiro atoms. The monoisotopic (exact) mass is 528 g/mol. The number of ether oxygens (including phenoxy) is 2. The second-order valence-electron chi connectivity index (χ2n) is 7.89. The fraction of sp³-hybridized carbons (Fsp3) is 0.292. The Hall–Kier alpha value is -3.53. The van der Waals surface area contributed by atoms with Gasteiger partial charge >= 0.3 is 6.03 Å². The van der Waals surface area contributed by atoms with Gasteiger partial charge < -0.3 is 25.0 Å². The molecule has 4 rings (SSSR count). The summed E-state index contributed by atoms with van der Waals surface area (Å²) < 4.78 is 12.0. The van der Waals surface area contributed by atoms with Crippen molar-refractivity contribution in [3.8, 4) is 11.5 Å². The van der Waals surface area contributed by atoms with Gasteiger partial charge in [-0.15, -0.1) is 0 Å². The lowest BCUT2D eigenvalue weighted by atomic mass is 10.1. The third-order valence-corrected chi connectivity index (χ3v) is 6.20. The first-order valence-corrected chi connectivity index (χ1v) is 11.6. The molecule has 0 radical (unpaired) electrons. The number of anilines is 2. The molecule has 2 aromatic rings. The van der Waals surface area contributed by atoms with Gasteiger partial charge in [0.25, 0.3) is 5.91 Å². The Morgan fingerprint density at radius 1 is 1.09 bits per heavy atom. The maximum Gasteiger partial charge on any atom is 0.329 e. The number of carbonyl (C=O) groups is 3. The third-order valence-electron chi connectivity index (χ3n) is 5.67. The van der Waals surface area contributed by atoms with Crippen LogP contribution in [0.3, 0.4) is 0 Å². The molecule has 0 bridgehead atoms. The van der Waals surface area contributed by atoms with Crippen molar-refractivity contribution in [2.75, 3.05) is 44.1 Å². The maximum atomic E-state index is 12.9. The summed E-state index contributed by atoms with van der Waals surface area (Å²) in [5.41, 5.74) is 2.11. The average Bonchev–Trinajstić information content (AvgIpc) is 3.45. The third kappa shape index (κ3) is 5.01. The van der Waals surface area contributed by atoms with Gasteiger partial charge in [-0.3, -0.25) is 9.59 Å². The molecular formula is C24H25BrN4O5. The minimum atomic E-state index is -0.665. The van der Waals surface area contributed by atoms with E-state index in [1.807, 2.05) is 6.07 Å². The van der Waals surface area contributed by atoms with E-state index >= 15 is 0 Å². The lowest BCUT2D eigenvalue weighted by Gasteiger charge is -2.22. The first-order valence-electron chi connectivity index (χ1n) is 10.8. The van der Waals surface area contributed by atoms with E-state index < -0.39 is 24.4 Å². The zero-order valence-electron chi connectivity index (χ0n) is 18.9. The maximum absolute atomic E-state index is 12.9. The average molecular weight is 529 g/mol. The molecule has 178 valence electrons. The van der Waals surface area contributed by atoms with Gasteiger partial charge in [-0.1, -0.05) is 15.9 Å². The van der Waals surface area contributed by atoms with Gasteiger partial charge in [0.15, 0.2) is 0 Å². The summed E-state index contributed by atoms with van der Waals surface area (Å²) >= 11 is 3.33. The normalized spacial score (nSPS) is 16.7. The Balaban J connectivity index is 1.53. The number of hydrogen-bond acceptors (Lipinski definition) is 6. The summed E-state index contributed by atoms with van der Waals surface area (Å²) in [6.45, 7) is 1.46. The first kappa shape index (κ1) is 23.6. The molecule has 0 aromatic heterocycles. The van der Waals surface area contributed by atoms with Crippen LogP contribution in [0.1, 0.15) is 18.4 Å². The minimum Gasteiger partial charge on any atom is -0.496 e. The summed E-state index contributed by atoms with van der Waals surface area (Å²) in [5, 5.41) is 5.22. The van der Waals surface area contributed by atoms with Crippen LogP contribution >= 0.6 is 15.9 Å². The molecule has 10 heteroatoms. The molecular weight excluding hydrogens is 504 g/mol. The molecule has 2 N–H and O–H groups in total. The van der Waals surface area contributed by atoms with Gasteiger partial charge in [0.2, 0.25) is 5.91 Å². The summed E-state index contributed by atoms with van der Waals surface area (Å²) in [6.07, 6.45) is 3.76. The molecule has 2 aliphatic heterocycles. The Labute approximate surface area is 205 Å². The van der Waals surface area contributed by atoms with E-state index in [2.05, 4.69) is 31.5 Å². The molecule has 0 saturated carbocycles. The van der Waals surface area contributed by atoms with Crippen LogP contribution in [0.5, 0.6) is 11.5 Å². The van der Waals surface area contributed by atoms with Crippen molar-refractivity contribution in [1.29, 1.82) is 0 Å². The van der Waals surface area contributed by atoms with Crippen LogP contribution in [0.15, 0.2) is 46.6 Å². The van der Waals surface area contributed by atoms with Crippen LogP contribution in [-0.2, 0) is 9.59 Å². The van der Waals surface area contributed by atoms with E-state index in [1.54, 1.807) is 44.6 Å². The van der Waals surface area contributed by atoms with Gasteiger partial charge in [-0.25, -0.2) is 9.69 Å². The Bertz CT molecular complexity index is 1140. The highest BCUT2D eigenvalue weighted by atomic mass is 79.9. The zero-order chi connectivity index (χ0) is 24.2. The number of halogens is 1. The lowest BCUT2D eigenvalue weighted by molar-refractivity contribution is -0.127. The number of hydrogen-bond donors (Lipinski definition) is 2. The number of carbonyl (C=O) groups excluding carboxylic acids is 3. The van der Waals surface area contributed by atoms with E-state index in [0.29, 0.717) is 22.7 Å². The van der Waals surface area contributed by atoms with Crippen LogP contribution in [-0.4, -0.2) is 56.6 Å². The van der Waals surface area contributed by atoms with Gasteiger partial charge in [0.1, 0.15) is 23.7 Å². The lowest BCUT2D eigenvalue weighted by Crippen LogP contribution is -2.38. The van der Waals surface area contributed by atoms with E-state index in [4.69, 9.17) is 9.47 Å². The number of rotatable bonds is 7. The van der Waals surface area contributed by atoms with E-state index in [0.717, 1.165) is 41.0 Å². The zero-order valence-corrected chi connectivity index (χ0v) is 20.5. The summed E-state index contributed by atoms with van der Waals surface area (Å²) in [5.74, 6) is 0.114. The van der Waals surface area contributed by atoms with Gasteiger partial charge in [-0.2, -0.15) is 0 Å². The summed E-state index contributed by atoms with van der Waals surface area (Å²) in [7, 11) is 3.14. The van der Waals surface area contributed by atoms with Gasteiger partial charge in [0, 0.05) is 34.9 Å². The van der Waals surface area contributed by atoms with Crippen LogP contribution in [0.25, 0.3) is 6.08 Å². The van der Waals surface area contributed by atoms with Crippen LogP contribution < -0.4 is 25.0 Å². The van der Waals surface area contributed by atoms with Crippen molar-refractivity contribution >= 4 is 51.2 Å². The quantitative estimate of drug-likeness (QED) is 0.420. The summed E-state index contributed by atoms with van der Waals surface area (Å²) in [4.78, 5) is 40.8. The molecule has 34 heavy (non-hydrogen) atoms. The van der Waals surface area contributed by atoms with E-state index in [1.165, 1.54) is 6.08 Å². The topological polar surface area (TPSA) is 100 Å². The van der Waals surface area contributed by atoms with Crippen LogP contribution in [0, 0.1) is 0 Å². The highest BCUT2D eigenvalue weighted by Gasteiger charge is 2.35. The predicted molar refractivity (Wildman–Crippen MR) is 132 cm³/mol. The summed E-state index contributed by atoms with van der Waals surface area (Å²) in [6, 6.07) is 9.97. The highest BCUT2D eigenvalue weighted by Crippen LogP contribution is 2.38. The number of methoxy groups -OCH3 is 2. The second kappa shape index (κ2) is 10.2. The molecule has 2 aliphatic rings. The van der Waals surface area contributed by atoms with Crippen LogP contribution in [0.4, 0.5) is 16.2 Å². The van der Waals surface area contributed by atoms with Crippen molar-refractivity contribution in [1.82, 2.24) is 10.2 Å². The number of imide groups is 1. The molecule has 2 aromatic carbocycles. The SMILES string of the molecule is COc1cc(N2CCCC2)c(OC)cc1/C=C1\NC(=O)N(CC(=O)Nc2ccc(Br)cc2)C1=O. The van der Waals surface area contributed by atoms with E-state index in [9.17, 15) is 14.4 Å². The predicted octanol–water partition coefficient (Wildman–Crippen LogP) is 3.60. The van der Waals surface area contributed by atoms with Crippen LogP contribution in [0.2, 0.25) is 0 Å². The molecule has 2 saturated heterocycles. The minimum absolute atomic E-state index is 0.0516. The number of amides is 4. The number of benzene rings is 2. The fourth-order valence-corrected chi connectivity index (χ4v) is 4.24. The van der Waals surface area contributed by atoms with Crippen molar-refractivity contribution in [2.24, 2.45) is 0 Å². The van der Waals surface area contributed by atoms with Gasteiger partial charge in [-0.05, 0) is 49.2 Å². The van der Waals surface area contributed by atoms with Crippen molar-refractivity contribution in [3.63, 3.8) is 0 Å². The molecule has 0 aliphatic carbocycles. The molecule has 4 amide bonds. The Morgan fingerprint density at radius 3 is 2.41 bits per heavy atom. The van der Waals surface area contributed by atoms with Crippen molar-refractivity contribution in [3.05, 3.63) is 52.1 Å². The fourth-order valence-electron chi connectivity index (χ4n) is 3.97. The van der Waals surface area contributed by atoms with Crippen molar-refractivity contribution in [2.45, 2.75) is 12.8 Å². The number of nitrogens with one attached hydrogen (secondary N) is 2. The highest BCUT2D eigenvalue weighted by molar-refractivity contribution is 9.10. The largest absolute Gasteiger partial charge is 0.496 e. The first-order chi connectivity index (χ1) is 16.4. The second-order valence-corrected chi connectivity index (χ2v) is 8.81. The molecule has 0 unspecified atom stereocenters. The Morgan fingerprint density at radius 2 is 1.76 bits per heavy atom. The Kier molecular flexibility index (Phi) is 7.06. The smallest absolute Gasteiger partial charge is 0.329 e. The van der Waals surface area contributed by atoms with E-state index in [-0.39, 0.29) is 5.70 Å². The number of nitrogens with zero attached hydrogens (tertiary/aromatic N) is 2. The molecule has 0 atom stereocenters. The van der Waals surface area contributed by atoms with Gasteiger partial charge in [0.05, 0.1) is 19.9 Å².